The zero-order chi connectivity index (χ0) is 13.0. The summed E-state index contributed by atoms with van der Waals surface area (Å²) in [5.74, 6) is 0.910. The lowest BCUT2D eigenvalue weighted by Gasteiger charge is -2.23. The molecule has 3 heteroatoms. The Balaban J connectivity index is 2.09. The average molecular weight is 331 g/mol. The molecule has 0 amide bonds. The van der Waals surface area contributed by atoms with Gasteiger partial charge in [0.25, 0.3) is 0 Å². The highest BCUT2D eigenvalue weighted by Crippen LogP contribution is 2.28. The second-order valence-corrected chi connectivity index (χ2v) is 6.07. The van der Waals surface area contributed by atoms with Crippen LogP contribution in [0.25, 0.3) is 0 Å². The topological polar surface area (TPSA) is 3.24 Å². The van der Waals surface area contributed by atoms with Gasteiger partial charge in [-0.1, -0.05) is 46.9 Å². The van der Waals surface area contributed by atoms with E-state index in [2.05, 4.69) is 46.0 Å². The molecule has 1 atom stereocenters. The van der Waals surface area contributed by atoms with Crippen LogP contribution in [0.15, 0.2) is 18.2 Å². The number of rotatable bonds is 3. The Kier molecular flexibility index (Phi) is 5.38. The van der Waals surface area contributed by atoms with E-state index in [4.69, 9.17) is 11.6 Å². The van der Waals surface area contributed by atoms with Crippen molar-refractivity contribution in [1.29, 1.82) is 0 Å². The first-order valence-electron chi connectivity index (χ1n) is 6.84. The normalized spacial score (nSPS) is 20.8. The second-order valence-electron chi connectivity index (χ2n) is 5.10. The van der Waals surface area contributed by atoms with E-state index in [1.165, 1.54) is 50.0 Å². The molecule has 0 saturated carbocycles. The number of anilines is 1. The summed E-state index contributed by atoms with van der Waals surface area (Å²) in [6.07, 6.45) is 5.31. The molecule has 0 aliphatic carbocycles. The van der Waals surface area contributed by atoms with Crippen LogP contribution in [0.5, 0.6) is 0 Å². The standard InChI is InChI=1S/C15H21BrClN/c1-2-12-4-3-8-18(9-7-12)14-6-5-13(11-16)15(17)10-14/h5-6,10,12H,2-4,7-9,11H2,1H3. The first-order chi connectivity index (χ1) is 8.74. The Labute approximate surface area is 124 Å². The number of benzene rings is 1. The average Bonchev–Trinajstić information content (AvgIpc) is 2.63. The number of alkyl halides is 1. The zero-order valence-electron chi connectivity index (χ0n) is 11.0. The van der Waals surface area contributed by atoms with Gasteiger partial charge < -0.3 is 4.90 Å². The first-order valence-corrected chi connectivity index (χ1v) is 8.34. The third kappa shape index (κ3) is 3.42. The molecular formula is C15H21BrClN. The van der Waals surface area contributed by atoms with Crippen molar-refractivity contribution in [2.45, 2.75) is 37.9 Å². The molecule has 1 aromatic carbocycles. The van der Waals surface area contributed by atoms with Crippen LogP contribution in [0, 0.1) is 5.92 Å². The molecular weight excluding hydrogens is 310 g/mol. The van der Waals surface area contributed by atoms with Crippen molar-refractivity contribution in [3.05, 3.63) is 28.8 Å². The van der Waals surface area contributed by atoms with Gasteiger partial charge in [0.15, 0.2) is 0 Å². The lowest BCUT2D eigenvalue weighted by atomic mass is 9.98. The molecule has 1 aromatic rings. The van der Waals surface area contributed by atoms with Crippen LogP contribution in [-0.4, -0.2) is 13.1 Å². The van der Waals surface area contributed by atoms with E-state index < -0.39 is 0 Å². The van der Waals surface area contributed by atoms with Crippen molar-refractivity contribution >= 4 is 33.2 Å². The summed E-state index contributed by atoms with van der Waals surface area (Å²) in [5.41, 5.74) is 2.45. The Bertz CT molecular complexity index is 394. The van der Waals surface area contributed by atoms with Gasteiger partial charge in [-0.05, 0) is 42.9 Å². The number of hydrogen-bond acceptors (Lipinski definition) is 1. The van der Waals surface area contributed by atoms with Crippen LogP contribution in [0.3, 0.4) is 0 Å². The summed E-state index contributed by atoms with van der Waals surface area (Å²) in [4.78, 5) is 2.49. The lowest BCUT2D eigenvalue weighted by Crippen LogP contribution is -2.24. The minimum atomic E-state index is 0.823. The molecule has 0 N–H and O–H groups in total. The van der Waals surface area contributed by atoms with Gasteiger partial charge in [-0.2, -0.15) is 0 Å². The van der Waals surface area contributed by atoms with Crippen molar-refractivity contribution in [3.8, 4) is 0 Å². The molecule has 0 bridgehead atoms. The molecule has 1 fully saturated rings. The monoisotopic (exact) mass is 329 g/mol. The van der Waals surface area contributed by atoms with Crippen LogP contribution in [-0.2, 0) is 5.33 Å². The maximum Gasteiger partial charge on any atom is 0.0467 e. The Hall–Kier alpha value is -0.210. The second kappa shape index (κ2) is 6.81. The largest absolute Gasteiger partial charge is 0.371 e. The highest BCUT2D eigenvalue weighted by molar-refractivity contribution is 9.08. The molecule has 2 rings (SSSR count). The van der Waals surface area contributed by atoms with Gasteiger partial charge in [0.2, 0.25) is 0 Å². The van der Waals surface area contributed by atoms with Gasteiger partial charge in [-0.25, -0.2) is 0 Å². The fourth-order valence-corrected chi connectivity index (χ4v) is 3.57. The Morgan fingerprint density at radius 1 is 1.33 bits per heavy atom. The molecule has 100 valence electrons. The summed E-state index contributed by atoms with van der Waals surface area (Å²) >= 11 is 9.75. The maximum atomic E-state index is 6.29. The number of halogens is 2. The lowest BCUT2D eigenvalue weighted by molar-refractivity contribution is 0.459. The molecule has 1 aliphatic heterocycles. The highest BCUT2D eigenvalue weighted by atomic mass is 79.9. The molecule has 1 nitrogen and oxygen atoms in total. The highest BCUT2D eigenvalue weighted by Gasteiger charge is 2.16. The molecule has 1 aliphatic rings. The summed E-state index contributed by atoms with van der Waals surface area (Å²) in [6.45, 7) is 4.64. The van der Waals surface area contributed by atoms with Crippen LogP contribution >= 0.6 is 27.5 Å². The molecule has 1 unspecified atom stereocenters. The van der Waals surface area contributed by atoms with Gasteiger partial charge >= 0.3 is 0 Å². The molecule has 18 heavy (non-hydrogen) atoms. The van der Waals surface area contributed by atoms with Crippen LogP contribution in [0.2, 0.25) is 5.02 Å². The Morgan fingerprint density at radius 2 is 2.17 bits per heavy atom. The van der Waals surface area contributed by atoms with E-state index in [0.717, 1.165) is 16.3 Å². The van der Waals surface area contributed by atoms with Gasteiger partial charge in [0.1, 0.15) is 0 Å². The molecule has 1 heterocycles. The van der Waals surface area contributed by atoms with Gasteiger partial charge in [0.05, 0.1) is 0 Å². The third-order valence-electron chi connectivity index (χ3n) is 3.97. The van der Waals surface area contributed by atoms with E-state index in [1.54, 1.807) is 0 Å². The smallest absolute Gasteiger partial charge is 0.0467 e. The fraction of sp³-hybridized carbons (Fsp3) is 0.600. The van der Waals surface area contributed by atoms with Crippen LogP contribution in [0.4, 0.5) is 5.69 Å². The van der Waals surface area contributed by atoms with E-state index in [9.17, 15) is 0 Å². The predicted molar refractivity (Wildman–Crippen MR) is 83.9 cm³/mol. The van der Waals surface area contributed by atoms with E-state index in [1.807, 2.05) is 0 Å². The maximum absolute atomic E-state index is 6.29. The number of hydrogen-bond donors (Lipinski definition) is 0. The minimum Gasteiger partial charge on any atom is -0.371 e. The Morgan fingerprint density at radius 3 is 2.83 bits per heavy atom. The first kappa shape index (κ1) is 14.2. The predicted octanol–water partition coefficient (Wildman–Crippen LogP) is 5.25. The molecule has 1 saturated heterocycles. The summed E-state index contributed by atoms with van der Waals surface area (Å²) in [7, 11) is 0. The number of nitrogens with zero attached hydrogens (tertiary/aromatic N) is 1. The van der Waals surface area contributed by atoms with Gasteiger partial charge in [-0.15, -0.1) is 0 Å². The van der Waals surface area contributed by atoms with E-state index >= 15 is 0 Å². The van der Waals surface area contributed by atoms with Crippen molar-refractivity contribution in [2.24, 2.45) is 5.92 Å². The molecule has 0 radical (unpaired) electrons. The van der Waals surface area contributed by atoms with Crippen LogP contribution in [0.1, 0.15) is 38.2 Å². The minimum absolute atomic E-state index is 0.823. The van der Waals surface area contributed by atoms with Crippen molar-refractivity contribution in [3.63, 3.8) is 0 Å². The summed E-state index contributed by atoms with van der Waals surface area (Å²) in [5, 5.41) is 1.70. The quantitative estimate of drug-likeness (QED) is 0.684. The molecule has 0 aromatic heterocycles. The van der Waals surface area contributed by atoms with E-state index in [-0.39, 0.29) is 0 Å². The molecule has 0 spiro atoms. The van der Waals surface area contributed by atoms with Gasteiger partial charge in [-0.3, -0.25) is 0 Å². The van der Waals surface area contributed by atoms with Crippen molar-refractivity contribution in [1.82, 2.24) is 0 Å². The summed E-state index contributed by atoms with van der Waals surface area (Å²) in [6, 6.07) is 6.45. The SMILES string of the molecule is CCC1CCCN(c2ccc(CBr)c(Cl)c2)CC1. The zero-order valence-corrected chi connectivity index (χ0v) is 13.3. The van der Waals surface area contributed by atoms with Crippen molar-refractivity contribution in [2.75, 3.05) is 18.0 Å². The third-order valence-corrected chi connectivity index (χ3v) is 4.93. The fourth-order valence-electron chi connectivity index (χ4n) is 2.67. The summed E-state index contributed by atoms with van der Waals surface area (Å²) < 4.78 is 0. The van der Waals surface area contributed by atoms with Crippen molar-refractivity contribution < 1.29 is 0 Å². The van der Waals surface area contributed by atoms with Crippen LogP contribution < -0.4 is 4.90 Å². The van der Waals surface area contributed by atoms with E-state index in [0.29, 0.717) is 0 Å². The van der Waals surface area contributed by atoms with Gasteiger partial charge in [0, 0.05) is 29.1 Å².